The monoisotopic (exact) mass is 277 g/mol. The molecule has 1 aromatic rings. The molecular formula is C17H27NS. The lowest BCUT2D eigenvalue weighted by atomic mass is 9.77. The Morgan fingerprint density at radius 2 is 2.11 bits per heavy atom. The van der Waals surface area contributed by atoms with Gasteiger partial charge in [0.15, 0.2) is 0 Å². The van der Waals surface area contributed by atoms with Gasteiger partial charge in [0.1, 0.15) is 0 Å². The van der Waals surface area contributed by atoms with Crippen molar-refractivity contribution in [2.45, 2.75) is 57.4 Å². The lowest BCUT2D eigenvalue weighted by Gasteiger charge is -2.32. The molecule has 1 aliphatic rings. The second-order valence-electron chi connectivity index (χ2n) is 6.45. The molecule has 19 heavy (non-hydrogen) atoms. The maximum Gasteiger partial charge on any atom is 0.0107 e. The van der Waals surface area contributed by atoms with Crippen molar-refractivity contribution >= 4 is 11.8 Å². The van der Waals surface area contributed by atoms with Gasteiger partial charge in [-0.25, -0.2) is 0 Å². The van der Waals surface area contributed by atoms with Crippen molar-refractivity contribution in [2.24, 2.45) is 5.41 Å². The first-order valence-corrected chi connectivity index (χ1v) is 8.48. The normalized spacial score (nSPS) is 21.4. The van der Waals surface area contributed by atoms with Gasteiger partial charge < -0.3 is 5.32 Å². The van der Waals surface area contributed by atoms with Crippen LogP contribution in [-0.4, -0.2) is 18.3 Å². The summed E-state index contributed by atoms with van der Waals surface area (Å²) in [6.45, 7) is 10.4. The zero-order valence-corrected chi connectivity index (χ0v) is 13.5. The van der Waals surface area contributed by atoms with Crippen LogP contribution in [0.25, 0.3) is 0 Å². The van der Waals surface area contributed by atoms with Crippen LogP contribution in [0.4, 0.5) is 0 Å². The summed E-state index contributed by atoms with van der Waals surface area (Å²) in [6.07, 6.45) is 2.54. The molecule has 0 spiro atoms. The summed E-state index contributed by atoms with van der Waals surface area (Å²) in [6, 6.07) is 9.53. The predicted octanol–water partition coefficient (Wildman–Crippen LogP) is 4.68. The minimum absolute atomic E-state index is 0.410. The van der Waals surface area contributed by atoms with E-state index < -0.39 is 0 Å². The Morgan fingerprint density at radius 1 is 1.37 bits per heavy atom. The molecule has 2 unspecified atom stereocenters. The molecule has 0 amide bonds. The van der Waals surface area contributed by atoms with Gasteiger partial charge in [0, 0.05) is 23.2 Å². The minimum atomic E-state index is 0.410. The van der Waals surface area contributed by atoms with Crippen molar-refractivity contribution < 1.29 is 0 Å². The Morgan fingerprint density at radius 3 is 2.79 bits per heavy atom. The largest absolute Gasteiger partial charge is 0.314 e. The summed E-state index contributed by atoms with van der Waals surface area (Å²) in [4.78, 5) is 1.50. The number of thioether (sulfide) groups is 1. The third kappa shape index (κ3) is 3.76. The van der Waals surface area contributed by atoms with Crippen LogP contribution in [-0.2, 0) is 0 Å². The van der Waals surface area contributed by atoms with E-state index in [1.165, 1.54) is 23.5 Å². The van der Waals surface area contributed by atoms with Crippen LogP contribution in [0.2, 0.25) is 0 Å². The molecule has 1 aromatic carbocycles. The van der Waals surface area contributed by atoms with Gasteiger partial charge in [-0.15, -0.1) is 11.8 Å². The van der Waals surface area contributed by atoms with Crippen LogP contribution in [0.3, 0.4) is 0 Å². The highest BCUT2D eigenvalue weighted by Gasteiger charge is 2.31. The third-order valence-corrected chi connectivity index (χ3v) is 5.58. The van der Waals surface area contributed by atoms with E-state index >= 15 is 0 Å². The molecule has 1 nitrogen and oxygen atoms in total. The fraction of sp³-hybridized carbons (Fsp3) is 0.647. The molecule has 1 heterocycles. The van der Waals surface area contributed by atoms with Crippen LogP contribution >= 0.6 is 11.8 Å². The summed E-state index contributed by atoms with van der Waals surface area (Å²) >= 11 is 2.03. The first kappa shape index (κ1) is 14.9. The van der Waals surface area contributed by atoms with Crippen LogP contribution in [0.1, 0.15) is 52.0 Å². The number of benzene rings is 1. The zero-order chi connectivity index (χ0) is 13.9. The van der Waals surface area contributed by atoms with E-state index in [0.717, 1.165) is 12.5 Å². The van der Waals surface area contributed by atoms with Crippen molar-refractivity contribution in [3.05, 3.63) is 29.8 Å². The maximum absolute atomic E-state index is 3.63. The molecule has 106 valence electrons. The first-order valence-electron chi connectivity index (χ1n) is 7.49. The fourth-order valence-corrected chi connectivity index (χ4v) is 4.04. The smallest absolute Gasteiger partial charge is 0.0107 e. The summed E-state index contributed by atoms with van der Waals surface area (Å²) in [5.74, 6) is 2.00. The van der Waals surface area contributed by atoms with Crippen LogP contribution in [0.15, 0.2) is 29.2 Å². The molecule has 1 N–H and O–H groups in total. The Hall–Kier alpha value is -0.470. The van der Waals surface area contributed by atoms with E-state index in [-0.39, 0.29) is 0 Å². The number of hydrogen-bond donors (Lipinski definition) is 1. The third-order valence-electron chi connectivity index (χ3n) is 4.33. The van der Waals surface area contributed by atoms with E-state index in [0.29, 0.717) is 11.5 Å². The van der Waals surface area contributed by atoms with Crippen LogP contribution in [0, 0.1) is 5.41 Å². The van der Waals surface area contributed by atoms with Gasteiger partial charge in [-0.1, -0.05) is 45.9 Å². The maximum atomic E-state index is 3.63. The van der Waals surface area contributed by atoms with Gasteiger partial charge in [-0.3, -0.25) is 0 Å². The highest BCUT2D eigenvalue weighted by Crippen LogP contribution is 2.45. The van der Waals surface area contributed by atoms with Gasteiger partial charge >= 0.3 is 0 Å². The zero-order valence-electron chi connectivity index (χ0n) is 12.7. The van der Waals surface area contributed by atoms with Gasteiger partial charge in [0.25, 0.3) is 0 Å². The molecule has 0 fully saturated rings. The van der Waals surface area contributed by atoms with Crippen molar-refractivity contribution in [2.75, 3.05) is 12.3 Å². The molecule has 2 rings (SSSR count). The highest BCUT2D eigenvalue weighted by atomic mass is 32.2. The Bertz CT molecular complexity index is 415. The second-order valence-corrected chi connectivity index (χ2v) is 7.51. The summed E-state index contributed by atoms with van der Waals surface area (Å²) in [7, 11) is 0. The SMILES string of the molecule is CCC(C)(CNC(C)C)CC1CSc2ccccc21. The lowest BCUT2D eigenvalue weighted by molar-refractivity contribution is 0.247. The van der Waals surface area contributed by atoms with Gasteiger partial charge in [0.2, 0.25) is 0 Å². The van der Waals surface area contributed by atoms with Gasteiger partial charge in [-0.2, -0.15) is 0 Å². The van der Waals surface area contributed by atoms with Crippen LogP contribution in [0.5, 0.6) is 0 Å². The summed E-state index contributed by atoms with van der Waals surface area (Å²) in [5.41, 5.74) is 1.99. The molecule has 1 aliphatic heterocycles. The van der Waals surface area contributed by atoms with Crippen LogP contribution < -0.4 is 5.32 Å². The number of fused-ring (bicyclic) bond motifs is 1. The van der Waals surface area contributed by atoms with Crippen molar-refractivity contribution in [3.8, 4) is 0 Å². The average molecular weight is 277 g/mol. The fourth-order valence-electron chi connectivity index (χ4n) is 2.79. The average Bonchev–Trinajstić information content (AvgIpc) is 2.80. The van der Waals surface area contributed by atoms with Crippen molar-refractivity contribution in [3.63, 3.8) is 0 Å². The Kier molecular flexibility index (Phi) is 4.97. The molecule has 0 aliphatic carbocycles. The lowest BCUT2D eigenvalue weighted by Crippen LogP contribution is -2.36. The first-order chi connectivity index (χ1) is 9.04. The Balaban J connectivity index is 2.03. The van der Waals surface area contributed by atoms with E-state index in [1.54, 1.807) is 5.56 Å². The second kappa shape index (κ2) is 6.32. The van der Waals surface area contributed by atoms with Gasteiger partial charge in [-0.05, 0) is 35.8 Å². The van der Waals surface area contributed by atoms with E-state index in [9.17, 15) is 0 Å². The topological polar surface area (TPSA) is 12.0 Å². The molecule has 0 bridgehead atoms. The van der Waals surface area contributed by atoms with Crippen molar-refractivity contribution in [1.29, 1.82) is 0 Å². The Labute approximate surface area is 122 Å². The number of nitrogens with one attached hydrogen (secondary N) is 1. The standard InChI is InChI=1S/C17H27NS/c1-5-17(4,12-18-13(2)3)10-14-11-19-16-9-7-6-8-15(14)16/h6-9,13-14,18H,5,10-12H2,1-4H3. The molecule has 0 aromatic heterocycles. The highest BCUT2D eigenvalue weighted by molar-refractivity contribution is 7.99. The molecule has 0 saturated carbocycles. The van der Waals surface area contributed by atoms with Gasteiger partial charge in [0.05, 0.1) is 0 Å². The van der Waals surface area contributed by atoms with E-state index in [1.807, 2.05) is 11.8 Å². The predicted molar refractivity (Wildman–Crippen MR) is 86.1 cm³/mol. The number of rotatable bonds is 6. The molecule has 2 atom stereocenters. The van der Waals surface area contributed by atoms with Crippen molar-refractivity contribution in [1.82, 2.24) is 5.32 Å². The molecule has 0 radical (unpaired) electrons. The molecule has 2 heteroatoms. The summed E-state index contributed by atoms with van der Waals surface area (Å²) in [5, 5.41) is 3.63. The quantitative estimate of drug-likeness (QED) is 0.810. The number of hydrogen-bond acceptors (Lipinski definition) is 2. The molecule has 0 saturated heterocycles. The molecular weight excluding hydrogens is 250 g/mol. The van der Waals surface area contributed by atoms with E-state index in [4.69, 9.17) is 0 Å². The summed E-state index contributed by atoms with van der Waals surface area (Å²) < 4.78 is 0. The minimum Gasteiger partial charge on any atom is -0.314 e. The van der Waals surface area contributed by atoms with E-state index in [2.05, 4.69) is 57.3 Å².